The smallest absolute Gasteiger partial charge is 0.264 e. The zero-order valence-electron chi connectivity index (χ0n) is 23.5. The molecule has 0 aromatic heterocycles. The van der Waals surface area contributed by atoms with Gasteiger partial charge < -0.3 is 15.0 Å². The molecule has 8 nitrogen and oxygen atoms in total. The standard InChI is InChI=1S/C30H35Br2N3O5S/c1-5-21(3)33-30(37)22(4)34(19-23-7-9-24(31)10-8-23)29(36)20-35(26-13-15-27(16-14-26)40-6-2)41(38,39)28-17-11-25(32)12-18-28/h7-18,21-22H,5-6,19-20H2,1-4H3,(H,33,37)/t21-,22+/m0/s1. The molecule has 0 spiro atoms. The summed E-state index contributed by atoms with van der Waals surface area (Å²) >= 11 is 6.76. The van der Waals surface area contributed by atoms with Crippen molar-refractivity contribution in [1.29, 1.82) is 0 Å². The van der Waals surface area contributed by atoms with Gasteiger partial charge in [-0.25, -0.2) is 8.42 Å². The lowest BCUT2D eigenvalue weighted by Crippen LogP contribution is -2.52. The van der Waals surface area contributed by atoms with Crippen molar-refractivity contribution in [1.82, 2.24) is 10.2 Å². The van der Waals surface area contributed by atoms with E-state index < -0.39 is 28.5 Å². The first-order chi connectivity index (χ1) is 19.5. The summed E-state index contributed by atoms with van der Waals surface area (Å²) in [6, 6.07) is 19.2. The maximum absolute atomic E-state index is 14.0. The van der Waals surface area contributed by atoms with Crippen LogP contribution in [0.25, 0.3) is 0 Å². The SMILES string of the molecule is CCOc1ccc(N(CC(=O)N(Cc2ccc(Br)cc2)[C@H](C)C(=O)N[C@@H](C)CC)S(=O)(=O)c2ccc(Br)cc2)cc1. The van der Waals surface area contributed by atoms with E-state index in [1.807, 2.05) is 45.0 Å². The predicted octanol–water partition coefficient (Wildman–Crippen LogP) is 6.14. The summed E-state index contributed by atoms with van der Waals surface area (Å²) in [6.45, 7) is 7.43. The van der Waals surface area contributed by atoms with Gasteiger partial charge in [0.15, 0.2) is 0 Å². The molecule has 0 bridgehead atoms. The lowest BCUT2D eigenvalue weighted by Gasteiger charge is -2.32. The minimum absolute atomic E-state index is 0.0319. The van der Waals surface area contributed by atoms with Gasteiger partial charge in [-0.2, -0.15) is 0 Å². The molecule has 0 aliphatic heterocycles. The molecule has 3 aromatic carbocycles. The maximum atomic E-state index is 14.0. The van der Waals surface area contributed by atoms with Crippen LogP contribution >= 0.6 is 31.9 Å². The molecule has 11 heteroatoms. The molecule has 0 saturated heterocycles. The molecule has 0 radical (unpaired) electrons. The number of amides is 2. The van der Waals surface area contributed by atoms with Crippen LogP contribution in [0.2, 0.25) is 0 Å². The lowest BCUT2D eigenvalue weighted by molar-refractivity contribution is -0.139. The molecule has 0 fully saturated rings. The first-order valence-electron chi connectivity index (χ1n) is 13.3. The molecule has 3 aromatic rings. The summed E-state index contributed by atoms with van der Waals surface area (Å²) in [7, 11) is -4.15. The van der Waals surface area contributed by atoms with Crippen LogP contribution in [0.5, 0.6) is 5.75 Å². The molecule has 2 atom stereocenters. The number of hydrogen-bond donors (Lipinski definition) is 1. The highest BCUT2D eigenvalue weighted by Crippen LogP contribution is 2.27. The van der Waals surface area contributed by atoms with Crippen molar-refractivity contribution in [2.24, 2.45) is 0 Å². The van der Waals surface area contributed by atoms with E-state index in [0.717, 1.165) is 25.2 Å². The molecule has 1 N–H and O–H groups in total. The van der Waals surface area contributed by atoms with Gasteiger partial charge in [-0.1, -0.05) is 50.9 Å². The van der Waals surface area contributed by atoms with Gasteiger partial charge >= 0.3 is 0 Å². The highest BCUT2D eigenvalue weighted by atomic mass is 79.9. The van der Waals surface area contributed by atoms with E-state index in [0.29, 0.717) is 18.0 Å². The van der Waals surface area contributed by atoms with Crippen molar-refractivity contribution in [2.45, 2.75) is 57.6 Å². The normalized spacial score (nSPS) is 12.7. The molecule has 41 heavy (non-hydrogen) atoms. The van der Waals surface area contributed by atoms with E-state index in [2.05, 4.69) is 37.2 Å². The predicted molar refractivity (Wildman–Crippen MR) is 168 cm³/mol. The molecular formula is C30H35Br2N3O5S. The number of nitrogens with one attached hydrogen (secondary N) is 1. The topological polar surface area (TPSA) is 96.0 Å². The van der Waals surface area contributed by atoms with Crippen molar-refractivity contribution in [2.75, 3.05) is 17.5 Å². The second kappa shape index (κ2) is 14.8. The van der Waals surface area contributed by atoms with Crippen LogP contribution in [0.1, 0.15) is 39.7 Å². The van der Waals surface area contributed by atoms with Crippen LogP contribution in [-0.4, -0.2) is 50.4 Å². The Morgan fingerprint density at radius 1 is 0.878 bits per heavy atom. The Morgan fingerprint density at radius 2 is 1.44 bits per heavy atom. The molecule has 0 heterocycles. The molecular weight excluding hydrogens is 674 g/mol. The fraction of sp³-hybridized carbons (Fsp3) is 0.333. The van der Waals surface area contributed by atoms with Gasteiger partial charge in [0, 0.05) is 21.5 Å². The van der Waals surface area contributed by atoms with Gasteiger partial charge in [0.05, 0.1) is 17.2 Å². The number of anilines is 1. The zero-order chi connectivity index (χ0) is 30.2. The largest absolute Gasteiger partial charge is 0.494 e. The van der Waals surface area contributed by atoms with Gasteiger partial charge in [-0.3, -0.25) is 13.9 Å². The number of carbonyl (C=O) groups is 2. The van der Waals surface area contributed by atoms with Gasteiger partial charge in [-0.05, 0) is 93.4 Å². The third kappa shape index (κ3) is 8.80. The minimum atomic E-state index is -4.15. The van der Waals surface area contributed by atoms with E-state index in [1.54, 1.807) is 43.3 Å². The first kappa shape index (κ1) is 32.6. The summed E-state index contributed by atoms with van der Waals surface area (Å²) in [5.41, 5.74) is 1.10. The number of halogens is 2. The number of nitrogens with zero attached hydrogens (tertiary/aromatic N) is 2. The number of ether oxygens (including phenoxy) is 1. The Labute approximate surface area is 259 Å². The Morgan fingerprint density at radius 3 is 1.98 bits per heavy atom. The number of hydrogen-bond acceptors (Lipinski definition) is 5. The molecule has 0 unspecified atom stereocenters. The van der Waals surface area contributed by atoms with Crippen LogP contribution in [0, 0.1) is 0 Å². The summed E-state index contributed by atoms with van der Waals surface area (Å²) in [6.07, 6.45) is 0.732. The summed E-state index contributed by atoms with van der Waals surface area (Å²) < 4.78 is 36.0. The van der Waals surface area contributed by atoms with Crippen molar-refractivity contribution < 1.29 is 22.7 Å². The fourth-order valence-corrected chi connectivity index (χ4v) is 5.92. The van der Waals surface area contributed by atoms with Crippen molar-refractivity contribution in [3.8, 4) is 5.75 Å². The second-order valence-electron chi connectivity index (χ2n) is 9.53. The Kier molecular flexibility index (Phi) is 11.8. The van der Waals surface area contributed by atoms with Crippen LogP contribution in [0.3, 0.4) is 0 Å². The number of benzene rings is 3. The van der Waals surface area contributed by atoms with Gasteiger partial charge in [0.2, 0.25) is 11.8 Å². The van der Waals surface area contributed by atoms with E-state index in [1.165, 1.54) is 17.0 Å². The monoisotopic (exact) mass is 707 g/mol. The fourth-order valence-electron chi connectivity index (χ4n) is 3.97. The third-order valence-electron chi connectivity index (χ3n) is 6.55. The maximum Gasteiger partial charge on any atom is 0.264 e. The van der Waals surface area contributed by atoms with Crippen LogP contribution in [-0.2, 0) is 26.2 Å². The van der Waals surface area contributed by atoms with E-state index in [9.17, 15) is 18.0 Å². The van der Waals surface area contributed by atoms with E-state index in [4.69, 9.17) is 4.74 Å². The van der Waals surface area contributed by atoms with Crippen LogP contribution in [0.4, 0.5) is 5.69 Å². The summed E-state index contributed by atoms with van der Waals surface area (Å²) in [4.78, 5) is 28.6. The number of sulfonamides is 1. The highest BCUT2D eigenvalue weighted by molar-refractivity contribution is 9.10. The zero-order valence-corrected chi connectivity index (χ0v) is 27.5. The quantitative estimate of drug-likeness (QED) is 0.230. The molecule has 0 saturated carbocycles. The summed E-state index contributed by atoms with van der Waals surface area (Å²) in [5.74, 6) is -0.252. The Balaban J connectivity index is 2.02. The second-order valence-corrected chi connectivity index (χ2v) is 13.2. The summed E-state index contributed by atoms with van der Waals surface area (Å²) in [5, 5.41) is 2.93. The molecule has 3 rings (SSSR count). The van der Waals surface area contributed by atoms with Gasteiger partial charge in [0.1, 0.15) is 18.3 Å². The molecule has 2 amide bonds. The van der Waals surface area contributed by atoms with Crippen molar-refractivity contribution in [3.05, 3.63) is 87.3 Å². The minimum Gasteiger partial charge on any atom is -0.494 e. The number of rotatable bonds is 13. The number of carbonyl (C=O) groups excluding carboxylic acids is 2. The highest BCUT2D eigenvalue weighted by Gasteiger charge is 2.32. The van der Waals surface area contributed by atoms with Crippen LogP contribution in [0.15, 0.2) is 86.6 Å². The molecule has 0 aliphatic carbocycles. The van der Waals surface area contributed by atoms with E-state index >= 15 is 0 Å². The van der Waals surface area contributed by atoms with Gasteiger partial charge in [0.25, 0.3) is 10.0 Å². The van der Waals surface area contributed by atoms with Crippen LogP contribution < -0.4 is 14.4 Å². The van der Waals surface area contributed by atoms with Crippen molar-refractivity contribution >= 4 is 59.4 Å². The first-order valence-corrected chi connectivity index (χ1v) is 16.3. The third-order valence-corrected chi connectivity index (χ3v) is 9.40. The molecule has 0 aliphatic rings. The average Bonchev–Trinajstić information content (AvgIpc) is 2.95. The lowest BCUT2D eigenvalue weighted by atomic mass is 10.1. The molecule has 220 valence electrons. The van der Waals surface area contributed by atoms with Crippen molar-refractivity contribution in [3.63, 3.8) is 0 Å². The Hall–Kier alpha value is -2.89. The Bertz CT molecular complexity index is 1420. The van der Waals surface area contributed by atoms with Gasteiger partial charge in [-0.15, -0.1) is 0 Å². The average molecular weight is 710 g/mol. The van der Waals surface area contributed by atoms with E-state index in [-0.39, 0.29) is 23.4 Å².